The van der Waals surface area contributed by atoms with Gasteiger partial charge in [0.25, 0.3) is 11.6 Å². The molecule has 1 atom stereocenters. The maximum atomic E-state index is 12.8. The Labute approximate surface area is 150 Å². The van der Waals surface area contributed by atoms with E-state index in [1.807, 2.05) is 37.3 Å². The van der Waals surface area contributed by atoms with Gasteiger partial charge in [0.1, 0.15) is 6.61 Å². The van der Waals surface area contributed by atoms with Crippen LogP contribution in [0, 0.1) is 0 Å². The highest BCUT2D eigenvalue weighted by Gasteiger charge is 2.24. The minimum atomic E-state index is -0.428. The van der Waals surface area contributed by atoms with Crippen LogP contribution in [0.5, 0.6) is 6.01 Å². The summed E-state index contributed by atoms with van der Waals surface area (Å²) in [5.74, 6) is 0. The molecule has 0 radical (unpaired) electrons. The molecule has 0 saturated heterocycles. The number of nitrogens with zero attached hydrogens (tertiary/aromatic N) is 4. The Kier molecular flexibility index (Phi) is 4.94. The summed E-state index contributed by atoms with van der Waals surface area (Å²) in [7, 11) is 4.63. The molecule has 8 nitrogen and oxygen atoms in total. The van der Waals surface area contributed by atoms with Gasteiger partial charge in [-0.2, -0.15) is 4.98 Å². The van der Waals surface area contributed by atoms with Crippen molar-refractivity contribution in [3.8, 4) is 6.01 Å². The molecular formula is C18H22N4O4. The fourth-order valence-electron chi connectivity index (χ4n) is 2.95. The molecule has 1 aromatic carbocycles. The van der Waals surface area contributed by atoms with Crippen molar-refractivity contribution in [2.75, 3.05) is 20.3 Å². The van der Waals surface area contributed by atoms with Gasteiger partial charge in [0.05, 0.1) is 12.6 Å². The lowest BCUT2D eigenvalue weighted by Gasteiger charge is -2.17. The maximum Gasteiger partial charge on any atom is 0.332 e. The smallest absolute Gasteiger partial charge is 0.332 e. The number of fused-ring (bicyclic) bond motifs is 1. The SMILES string of the molecule is COCCOc1nc2c(c(=O)n(C)c(=O)n2C)n1C(C)c1ccccc1. The molecule has 0 bridgehead atoms. The van der Waals surface area contributed by atoms with E-state index in [-0.39, 0.29) is 18.7 Å². The van der Waals surface area contributed by atoms with Crippen LogP contribution in [-0.4, -0.2) is 39.0 Å². The number of rotatable bonds is 6. The molecule has 0 saturated carbocycles. The number of benzene rings is 1. The molecule has 3 rings (SSSR count). The second kappa shape index (κ2) is 7.17. The van der Waals surface area contributed by atoms with Gasteiger partial charge < -0.3 is 9.47 Å². The summed E-state index contributed by atoms with van der Waals surface area (Å²) in [5.41, 5.74) is 0.800. The lowest BCUT2D eigenvalue weighted by molar-refractivity contribution is 0.138. The average molecular weight is 358 g/mol. The molecule has 138 valence electrons. The number of hydrogen-bond donors (Lipinski definition) is 0. The van der Waals surface area contributed by atoms with E-state index in [1.165, 1.54) is 11.6 Å². The lowest BCUT2D eigenvalue weighted by Crippen LogP contribution is -2.37. The molecule has 0 aliphatic rings. The van der Waals surface area contributed by atoms with E-state index < -0.39 is 11.2 Å². The van der Waals surface area contributed by atoms with Gasteiger partial charge >= 0.3 is 5.69 Å². The van der Waals surface area contributed by atoms with Crippen molar-refractivity contribution in [2.24, 2.45) is 14.1 Å². The van der Waals surface area contributed by atoms with Crippen LogP contribution in [0.15, 0.2) is 39.9 Å². The third-order valence-corrected chi connectivity index (χ3v) is 4.45. The van der Waals surface area contributed by atoms with Crippen LogP contribution in [-0.2, 0) is 18.8 Å². The van der Waals surface area contributed by atoms with Gasteiger partial charge in [-0.05, 0) is 12.5 Å². The Morgan fingerprint density at radius 3 is 2.42 bits per heavy atom. The lowest BCUT2D eigenvalue weighted by atomic mass is 10.1. The number of aryl methyl sites for hydroxylation is 1. The summed E-state index contributed by atoms with van der Waals surface area (Å²) in [6.45, 7) is 2.64. The first-order valence-electron chi connectivity index (χ1n) is 8.32. The second-order valence-corrected chi connectivity index (χ2v) is 6.07. The summed E-state index contributed by atoms with van der Waals surface area (Å²) < 4.78 is 15.0. The van der Waals surface area contributed by atoms with Crippen LogP contribution in [0.25, 0.3) is 11.2 Å². The predicted octanol–water partition coefficient (Wildman–Crippen LogP) is 1.07. The van der Waals surface area contributed by atoms with Gasteiger partial charge in [-0.15, -0.1) is 0 Å². The minimum absolute atomic E-state index is 0.205. The van der Waals surface area contributed by atoms with Crippen molar-refractivity contribution in [3.05, 3.63) is 56.7 Å². The molecule has 3 aromatic rings. The Morgan fingerprint density at radius 2 is 1.77 bits per heavy atom. The van der Waals surface area contributed by atoms with Crippen LogP contribution in [0.2, 0.25) is 0 Å². The highest BCUT2D eigenvalue weighted by Crippen LogP contribution is 2.27. The summed E-state index contributed by atoms with van der Waals surface area (Å²) in [6.07, 6.45) is 0. The normalized spacial score (nSPS) is 12.5. The van der Waals surface area contributed by atoms with Crippen molar-refractivity contribution >= 4 is 11.2 Å². The van der Waals surface area contributed by atoms with Crippen molar-refractivity contribution in [2.45, 2.75) is 13.0 Å². The molecule has 0 aliphatic heterocycles. The van der Waals surface area contributed by atoms with Crippen LogP contribution < -0.4 is 16.0 Å². The van der Waals surface area contributed by atoms with Crippen molar-refractivity contribution in [3.63, 3.8) is 0 Å². The van der Waals surface area contributed by atoms with E-state index in [9.17, 15) is 9.59 Å². The van der Waals surface area contributed by atoms with Crippen molar-refractivity contribution < 1.29 is 9.47 Å². The number of methoxy groups -OCH3 is 1. The largest absolute Gasteiger partial charge is 0.462 e. The van der Waals surface area contributed by atoms with Crippen LogP contribution >= 0.6 is 0 Å². The maximum absolute atomic E-state index is 12.8. The first kappa shape index (κ1) is 17.9. The van der Waals surface area contributed by atoms with Gasteiger partial charge in [0.2, 0.25) is 0 Å². The van der Waals surface area contributed by atoms with E-state index >= 15 is 0 Å². The zero-order valence-corrected chi connectivity index (χ0v) is 15.3. The summed E-state index contributed by atoms with van der Waals surface area (Å²) >= 11 is 0. The first-order chi connectivity index (χ1) is 12.5. The van der Waals surface area contributed by atoms with Gasteiger partial charge in [-0.3, -0.25) is 18.5 Å². The van der Waals surface area contributed by atoms with Crippen molar-refractivity contribution in [1.82, 2.24) is 18.7 Å². The predicted molar refractivity (Wildman–Crippen MR) is 97.8 cm³/mol. The van der Waals surface area contributed by atoms with Crippen LogP contribution in [0.3, 0.4) is 0 Å². The van der Waals surface area contributed by atoms with Gasteiger partial charge in [-0.25, -0.2) is 4.79 Å². The van der Waals surface area contributed by atoms with Crippen molar-refractivity contribution in [1.29, 1.82) is 0 Å². The second-order valence-electron chi connectivity index (χ2n) is 6.07. The number of hydrogen-bond acceptors (Lipinski definition) is 5. The van der Waals surface area contributed by atoms with Gasteiger partial charge in [-0.1, -0.05) is 30.3 Å². The molecule has 0 N–H and O–H groups in total. The minimum Gasteiger partial charge on any atom is -0.462 e. The Bertz CT molecular complexity index is 1030. The molecule has 0 amide bonds. The molecule has 1 unspecified atom stereocenters. The highest BCUT2D eigenvalue weighted by atomic mass is 16.5. The summed E-state index contributed by atoms with van der Waals surface area (Å²) in [5, 5.41) is 0. The number of aromatic nitrogens is 4. The van der Waals surface area contributed by atoms with E-state index in [2.05, 4.69) is 4.98 Å². The van der Waals surface area contributed by atoms with Gasteiger partial charge in [0.15, 0.2) is 11.2 Å². The average Bonchev–Trinajstić information content (AvgIpc) is 3.04. The zero-order chi connectivity index (χ0) is 18.8. The molecule has 0 fully saturated rings. The van der Waals surface area contributed by atoms with E-state index in [0.717, 1.165) is 10.1 Å². The number of imidazole rings is 1. The Hall–Kier alpha value is -2.87. The van der Waals surface area contributed by atoms with Crippen LogP contribution in [0.4, 0.5) is 0 Å². The first-order valence-corrected chi connectivity index (χ1v) is 8.32. The summed E-state index contributed by atoms with van der Waals surface area (Å²) in [6, 6.07) is 9.83. The van der Waals surface area contributed by atoms with Crippen LogP contribution in [0.1, 0.15) is 18.5 Å². The molecule has 2 aromatic heterocycles. The third-order valence-electron chi connectivity index (χ3n) is 4.45. The Balaban J connectivity index is 2.28. The molecular weight excluding hydrogens is 336 g/mol. The molecule has 2 heterocycles. The highest BCUT2D eigenvalue weighted by molar-refractivity contribution is 5.72. The quantitative estimate of drug-likeness (QED) is 0.616. The van der Waals surface area contributed by atoms with E-state index in [0.29, 0.717) is 17.8 Å². The fourth-order valence-corrected chi connectivity index (χ4v) is 2.95. The zero-order valence-electron chi connectivity index (χ0n) is 15.3. The fraction of sp³-hybridized carbons (Fsp3) is 0.389. The standard InChI is InChI=1S/C18H22N4O4/c1-12(13-8-6-5-7-9-13)22-14-15(19-17(22)26-11-10-25-4)20(2)18(24)21(3)16(14)23/h5-9,12H,10-11H2,1-4H3. The molecule has 8 heteroatoms. The molecule has 26 heavy (non-hydrogen) atoms. The molecule has 0 spiro atoms. The Morgan fingerprint density at radius 1 is 1.08 bits per heavy atom. The summed E-state index contributed by atoms with van der Waals surface area (Å²) in [4.78, 5) is 29.5. The van der Waals surface area contributed by atoms with E-state index in [1.54, 1.807) is 18.7 Å². The third kappa shape index (κ3) is 2.92. The van der Waals surface area contributed by atoms with Gasteiger partial charge in [0, 0.05) is 21.2 Å². The monoisotopic (exact) mass is 358 g/mol. The van der Waals surface area contributed by atoms with E-state index in [4.69, 9.17) is 9.47 Å². The molecule has 0 aliphatic carbocycles. The topological polar surface area (TPSA) is 80.3 Å². The number of ether oxygens (including phenoxy) is 2.